The number of anilines is 1. The smallest absolute Gasteiger partial charge is 0.180 e. The molecule has 148 valence electrons. The number of nitrogens with one attached hydrogen (secondary N) is 1. The zero-order valence-electron chi connectivity index (χ0n) is 16.4. The lowest BCUT2D eigenvalue weighted by Crippen LogP contribution is -2.37. The zero-order chi connectivity index (χ0) is 20.0. The number of H-pyrrole nitrogens is 1. The van der Waals surface area contributed by atoms with Gasteiger partial charge in [-0.05, 0) is 37.1 Å². The van der Waals surface area contributed by atoms with Crippen molar-refractivity contribution in [3.8, 4) is 11.3 Å². The second-order valence-corrected chi connectivity index (χ2v) is 7.45. The van der Waals surface area contributed by atoms with E-state index in [1.807, 2.05) is 41.0 Å². The van der Waals surface area contributed by atoms with Gasteiger partial charge in [0.2, 0.25) is 0 Å². The van der Waals surface area contributed by atoms with Crippen LogP contribution in [0.2, 0.25) is 0 Å². The van der Waals surface area contributed by atoms with Gasteiger partial charge in [0.05, 0.1) is 17.4 Å². The monoisotopic (exact) mass is 390 g/mol. The molecular formula is C21H22N6O2. The highest BCUT2D eigenvalue weighted by molar-refractivity contribution is 6.05. The third kappa shape index (κ3) is 3.05. The van der Waals surface area contributed by atoms with E-state index in [-0.39, 0.29) is 5.78 Å². The molecule has 0 amide bonds. The fourth-order valence-electron chi connectivity index (χ4n) is 3.95. The first-order chi connectivity index (χ1) is 14.1. The Morgan fingerprint density at radius 3 is 2.86 bits per heavy atom. The summed E-state index contributed by atoms with van der Waals surface area (Å²) in [6.45, 7) is 3.10. The van der Waals surface area contributed by atoms with Gasteiger partial charge >= 0.3 is 0 Å². The van der Waals surface area contributed by atoms with E-state index in [1.54, 1.807) is 0 Å². The Balaban J connectivity index is 1.57. The Bertz CT molecular complexity index is 1200. The van der Waals surface area contributed by atoms with Gasteiger partial charge in [-0.1, -0.05) is 6.07 Å². The number of aromatic nitrogens is 5. The number of hydrogen-bond acceptors (Lipinski definition) is 6. The first-order valence-electron chi connectivity index (χ1n) is 9.76. The topological polar surface area (TPSA) is 88.4 Å². The van der Waals surface area contributed by atoms with Crippen LogP contribution in [0.25, 0.3) is 27.8 Å². The van der Waals surface area contributed by atoms with Gasteiger partial charge in [0.1, 0.15) is 11.5 Å². The minimum Gasteiger partial charge on any atom is -0.381 e. The van der Waals surface area contributed by atoms with Crippen LogP contribution in [-0.2, 0) is 4.74 Å². The van der Waals surface area contributed by atoms with Gasteiger partial charge in [0, 0.05) is 44.2 Å². The third-order valence-electron chi connectivity index (χ3n) is 5.64. The molecule has 8 nitrogen and oxygen atoms in total. The number of imidazole rings is 1. The van der Waals surface area contributed by atoms with Crippen LogP contribution in [0.15, 0.2) is 36.5 Å². The molecule has 1 N–H and O–H groups in total. The fourth-order valence-corrected chi connectivity index (χ4v) is 3.95. The first-order valence-corrected chi connectivity index (χ1v) is 9.76. The molecule has 1 fully saturated rings. The van der Waals surface area contributed by atoms with Gasteiger partial charge in [-0.15, -0.1) is 5.10 Å². The fraction of sp³-hybridized carbons (Fsp3) is 0.333. The molecule has 1 saturated heterocycles. The summed E-state index contributed by atoms with van der Waals surface area (Å²) >= 11 is 0. The van der Waals surface area contributed by atoms with E-state index in [4.69, 9.17) is 9.84 Å². The van der Waals surface area contributed by atoms with E-state index < -0.39 is 0 Å². The standard InChI is InChI=1S/C21H22N6O2/c1-13(28)21-16-11-14(3-4-17(16)23-24-21)18-12-22-19-5-6-20(25-27(18)19)26(2)15-7-9-29-10-8-15/h3-6,11-12,15H,7-10H2,1-2H3,(H,23,24). The summed E-state index contributed by atoms with van der Waals surface area (Å²) in [6.07, 6.45) is 3.81. The zero-order valence-corrected chi connectivity index (χ0v) is 16.4. The van der Waals surface area contributed by atoms with Crippen molar-refractivity contribution in [2.24, 2.45) is 0 Å². The van der Waals surface area contributed by atoms with Crippen molar-refractivity contribution in [2.75, 3.05) is 25.2 Å². The average Bonchev–Trinajstić information content (AvgIpc) is 3.37. The van der Waals surface area contributed by atoms with E-state index in [9.17, 15) is 4.79 Å². The lowest BCUT2D eigenvalue weighted by atomic mass is 10.1. The van der Waals surface area contributed by atoms with Crippen LogP contribution in [0.3, 0.4) is 0 Å². The molecule has 0 spiro atoms. The number of ether oxygens (including phenoxy) is 1. The van der Waals surface area contributed by atoms with Gasteiger partial charge in [-0.3, -0.25) is 9.89 Å². The van der Waals surface area contributed by atoms with E-state index in [0.29, 0.717) is 11.7 Å². The number of hydrogen-bond donors (Lipinski definition) is 1. The number of carbonyl (C=O) groups excluding carboxylic acids is 1. The summed E-state index contributed by atoms with van der Waals surface area (Å²) in [6, 6.07) is 10.3. The summed E-state index contributed by atoms with van der Waals surface area (Å²) in [5.74, 6) is 0.836. The van der Waals surface area contributed by atoms with Crippen molar-refractivity contribution in [2.45, 2.75) is 25.8 Å². The molecule has 0 bridgehead atoms. The van der Waals surface area contributed by atoms with E-state index in [0.717, 1.165) is 59.7 Å². The second-order valence-electron chi connectivity index (χ2n) is 7.45. The molecule has 0 saturated carbocycles. The Morgan fingerprint density at radius 1 is 1.24 bits per heavy atom. The molecule has 5 rings (SSSR count). The van der Waals surface area contributed by atoms with E-state index in [2.05, 4.69) is 27.1 Å². The SMILES string of the molecule is CC(=O)c1n[nH]c2ccc(-c3cnc4ccc(N(C)C5CCOCC5)nn34)cc12. The summed E-state index contributed by atoms with van der Waals surface area (Å²) < 4.78 is 7.34. The predicted molar refractivity (Wildman–Crippen MR) is 110 cm³/mol. The lowest BCUT2D eigenvalue weighted by molar-refractivity contribution is 0.0853. The highest BCUT2D eigenvalue weighted by atomic mass is 16.5. The van der Waals surface area contributed by atoms with Crippen LogP contribution in [0.4, 0.5) is 5.82 Å². The van der Waals surface area contributed by atoms with Gasteiger partial charge < -0.3 is 9.64 Å². The van der Waals surface area contributed by atoms with Gasteiger partial charge in [-0.2, -0.15) is 5.10 Å². The van der Waals surface area contributed by atoms with Crippen LogP contribution in [0, 0.1) is 0 Å². The van der Waals surface area contributed by atoms with E-state index >= 15 is 0 Å². The largest absolute Gasteiger partial charge is 0.381 e. The highest BCUT2D eigenvalue weighted by Crippen LogP contribution is 2.27. The molecule has 0 aliphatic carbocycles. The summed E-state index contributed by atoms with van der Waals surface area (Å²) in [7, 11) is 2.08. The minimum atomic E-state index is -0.0648. The Kier molecular flexibility index (Phi) is 4.28. The van der Waals surface area contributed by atoms with Crippen molar-refractivity contribution in [1.29, 1.82) is 0 Å². The molecule has 1 aliphatic heterocycles. The van der Waals surface area contributed by atoms with Crippen molar-refractivity contribution >= 4 is 28.2 Å². The Labute approximate surface area is 167 Å². The van der Waals surface area contributed by atoms with Crippen LogP contribution < -0.4 is 4.90 Å². The van der Waals surface area contributed by atoms with Gasteiger partial charge in [0.15, 0.2) is 11.4 Å². The second kappa shape index (κ2) is 6.97. The molecule has 3 aromatic heterocycles. The molecule has 0 atom stereocenters. The van der Waals surface area contributed by atoms with Crippen LogP contribution in [0.5, 0.6) is 0 Å². The quantitative estimate of drug-likeness (QED) is 0.539. The Hall–Kier alpha value is -3.26. The number of ketones is 1. The first kappa shape index (κ1) is 17.8. The number of nitrogens with zero attached hydrogens (tertiary/aromatic N) is 5. The van der Waals surface area contributed by atoms with Crippen LogP contribution >= 0.6 is 0 Å². The number of Topliss-reactive ketones (excluding diaryl/α,β-unsaturated/α-hetero) is 1. The van der Waals surface area contributed by atoms with Gasteiger partial charge in [0.25, 0.3) is 0 Å². The summed E-state index contributed by atoms with van der Waals surface area (Å²) in [5, 5.41) is 12.7. The maximum Gasteiger partial charge on any atom is 0.180 e. The molecule has 4 aromatic rings. The third-order valence-corrected chi connectivity index (χ3v) is 5.64. The molecular weight excluding hydrogens is 368 g/mol. The summed E-state index contributed by atoms with van der Waals surface area (Å²) in [5.41, 5.74) is 3.87. The molecule has 29 heavy (non-hydrogen) atoms. The number of benzene rings is 1. The van der Waals surface area contributed by atoms with Gasteiger partial charge in [-0.25, -0.2) is 9.50 Å². The number of rotatable bonds is 4. The number of aromatic amines is 1. The van der Waals surface area contributed by atoms with Crippen molar-refractivity contribution in [3.05, 3.63) is 42.2 Å². The molecule has 0 unspecified atom stereocenters. The minimum absolute atomic E-state index is 0.0648. The Morgan fingerprint density at radius 2 is 2.07 bits per heavy atom. The van der Waals surface area contributed by atoms with Crippen molar-refractivity contribution in [1.82, 2.24) is 24.8 Å². The lowest BCUT2D eigenvalue weighted by Gasteiger charge is -2.31. The molecule has 4 heterocycles. The molecule has 8 heteroatoms. The molecule has 0 radical (unpaired) electrons. The molecule has 1 aromatic carbocycles. The van der Waals surface area contributed by atoms with Crippen molar-refractivity contribution < 1.29 is 9.53 Å². The maximum absolute atomic E-state index is 11.9. The normalized spacial score (nSPS) is 15.2. The number of fused-ring (bicyclic) bond motifs is 2. The highest BCUT2D eigenvalue weighted by Gasteiger charge is 2.20. The summed E-state index contributed by atoms with van der Waals surface area (Å²) in [4.78, 5) is 18.6. The average molecular weight is 390 g/mol. The maximum atomic E-state index is 11.9. The van der Waals surface area contributed by atoms with Crippen LogP contribution in [-0.4, -0.2) is 56.9 Å². The molecule has 1 aliphatic rings. The van der Waals surface area contributed by atoms with E-state index in [1.165, 1.54) is 6.92 Å². The van der Waals surface area contributed by atoms with Crippen molar-refractivity contribution in [3.63, 3.8) is 0 Å². The van der Waals surface area contributed by atoms with Crippen LogP contribution in [0.1, 0.15) is 30.3 Å². The number of carbonyl (C=O) groups is 1. The predicted octanol–water partition coefficient (Wildman–Crippen LogP) is 3.09.